The zero-order valence-corrected chi connectivity index (χ0v) is 12.0. The second kappa shape index (κ2) is 6.85. The van der Waals surface area contributed by atoms with Gasteiger partial charge in [-0.05, 0) is 6.54 Å². The Morgan fingerprint density at radius 2 is 2.15 bits per heavy atom. The van der Waals surface area contributed by atoms with Crippen LogP contribution in [0.1, 0.15) is 18.3 Å². The minimum Gasteiger partial charge on any atom is -0.493 e. The monoisotopic (exact) mass is 277 g/mol. The zero-order chi connectivity index (χ0) is 14.4. The smallest absolute Gasteiger partial charge is 0.184 e. The third kappa shape index (κ3) is 3.24. The first kappa shape index (κ1) is 14.3. The van der Waals surface area contributed by atoms with Crippen LogP contribution in [0.5, 0.6) is 11.5 Å². The van der Waals surface area contributed by atoms with Gasteiger partial charge in [0.15, 0.2) is 11.5 Å². The highest BCUT2D eigenvalue weighted by Crippen LogP contribution is 2.29. The van der Waals surface area contributed by atoms with E-state index in [1.54, 1.807) is 31.2 Å². The second-order valence-corrected chi connectivity index (χ2v) is 4.18. The summed E-state index contributed by atoms with van der Waals surface area (Å²) in [6.45, 7) is 4.15. The molecule has 0 saturated heterocycles. The molecule has 0 aliphatic rings. The summed E-state index contributed by atoms with van der Waals surface area (Å²) in [4.78, 5) is 4.32. The van der Waals surface area contributed by atoms with Gasteiger partial charge in [0.05, 0.1) is 32.7 Å². The largest absolute Gasteiger partial charge is 0.493 e. The minimum absolute atomic E-state index is 0.486. The van der Waals surface area contributed by atoms with E-state index in [9.17, 15) is 0 Å². The highest BCUT2D eigenvalue weighted by molar-refractivity contribution is 5.42. The van der Waals surface area contributed by atoms with Gasteiger partial charge in [-0.15, -0.1) is 5.10 Å². The second-order valence-electron chi connectivity index (χ2n) is 4.18. The van der Waals surface area contributed by atoms with E-state index in [4.69, 9.17) is 9.47 Å². The molecule has 7 nitrogen and oxygen atoms in total. The molecule has 20 heavy (non-hydrogen) atoms. The van der Waals surface area contributed by atoms with Crippen molar-refractivity contribution in [1.29, 1.82) is 0 Å². The van der Waals surface area contributed by atoms with Gasteiger partial charge in [-0.25, -0.2) is 4.68 Å². The highest BCUT2D eigenvalue weighted by Gasteiger charge is 2.12. The fourth-order valence-corrected chi connectivity index (χ4v) is 1.87. The van der Waals surface area contributed by atoms with Crippen LogP contribution in [-0.4, -0.2) is 40.7 Å². The van der Waals surface area contributed by atoms with E-state index < -0.39 is 0 Å². The summed E-state index contributed by atoms with van der Waals surface area (Å²) in [5.41, 5.74) is 1.65. The van der Waals surface area contributed by atoms with Gasteiger partial charge in [-0.1, -0.05) is 12.1 Å². The van der Waals surface area contributed by atoms with E-state index in [1.165, 1.54) is 0 Å². The van der Waals surface area contributed by atoms with Crippen LogP contribution in [0.25, 0.3) is 0 Å². The van der Waals surface area contributed by atoms with E-state index in [0.29, 0.717) is 24.6 Å². The Kier molecular flexibility index (Phi) is 4.89. The van der Waals surface area contributed by atoms with Crippen molar-refractivity contribution in [2.24, 2.45) is 0 Å². The Balaban J connectivity index is 2.15. The lowest BCUT2D eigenvalue weighted by Crippen LogP contribution is -2.11. The lowest BCUT2D eigenvalue weighted by molar-refractivity contribution is 0.348. The summed E-state index contributed by atoms with van der Waals surface area (Å²) in [6, 6.07) is 1.76. The quantitative estimate of drug-likeness (QED) is 0.808. The number of hydrogen-bond acceptors (Lipinski definition) is 6. The van der Waals surface area contributed by atoms with Crippen LogP contribution < -0.4 is 14.8 Å². The van der Waals surface area contributed by atoms with E-state index in [0.717, 1.165) is 17.9 Å². The molecule has 0 saturated carbocycles. The molecule has 0 aliphatic carbocycles. The molecule has 0 aromatic carbocycles. The summed E-state index contributed by atoms with van der Waals surface area (Å²) in [5.74, 6) is 1.28. The van der Waals surface area contributed by atoms with Crippen molar-refractivity contribution in [2.75, 3.05) is 20.8 Å². The minimum atomic E-state index is 0.486. The number of aromatic nitrogens is 4. The van der Waals surface area contributed by atoms with Crippen LogP contribution in [0.2, 0.25) is 0 Å². The summed E-state index contributed by atoms with van der Waals surface area (Å²) < 4.78 is 12.3. The first-order chi connectivity index (χ1) is 9.78. The molecule has 0 bridgehead atoms. The van der Waals surface area contributed by atoms with Gasteiger partial charge in [0.25, 0.3) is 0 Å². The van der Waals surface area contributed by atoms with E-state index in [2.05, 4.69) is 27.5 Å². The summed E-state index contributed by atoms with van der Waals surface area (Å²) >= 11 is 0. The summed E-state index contributed by atoms with van der Waals surface area (Å²) in [7, 11) is 3.20. The fraction of sp³-hybridized carbons (Fsp3) is 0.462. The van der Waals surface area contributed by atoms with Crippen molar-refractivity contribution in [3.8, 4) is 11.5 Å². The number of hydrogen-bond donors (Lipinski definition) is 1. The average Bonchev–Trinajstić information content (AvgIpc) is 2.92. The lowest BCUT2D eigenvalue weighted by atomic mass is 10.3. The van der Waals surface area contributed by atoms with E-state index in [-0.39, 0.29) is 0 Å². The maximum absolute atomic E-state index is 5.35. The van der Waals surface area contributed by atoms with Crippen molar-refractivity contribution in [3.63, 3.8) is 0 Å². The van der Waals surface area contributed by atoms with Crippen molar-refractivity contribution in [1.82, 2.24) is 25.3 Å². The Bertz CT molecular complexity index is 555. The van der Waals surface area contributed by atoms with Crippen LogP contribution in [0, 0.1) is 0 Å². The number of ether oxygens (including phenoxy) is 2. The van der Waals surface area contributed by atoms with Crippen LogP contribution in [-0.2, 0) is 13.1 Å². The summed E-state index contributed by atoms with van der Waals surface area (Å²) in [5, 5.41) is 11.4. The molecule has 2 rings (SSSR count). The van der Waals surface area contributed by atoms with Crippen LogP contribution in [0.4, 0.5) is 0 Å². The molecule has 0 unspecified atom stereocenters. The highest BCUT2D eigenvalue weighted by atomic mass is 16.5. The van der Waals surface area contributed by atoms with Crippen molar-refractivity contribution in [3.05, 3.63) is 29.8 Å². The molecule has 1 N–H and O–H groups in total. The van der Waals surface area contributed by atoms with Crippen LogP contribution in [0.3, 0.4) is 0 Å². The standard InChI is InChI=1S/C13H19N5O2/c1-4-14-7-10-8-18(17-16-10)9-11-13(20-3)12(19-2)5-6-15-11/h5-6,8,14H,4,7,9H2,1-3H3. The predicted molar refractivity (Wildman–Crippen MR) is 73.8 cm³/mol. The maximum atomic E-state index is 5.35. The van der Waals surface area contributed by atoms with Gasteiger partial charge in [0.1, 0.15) is 5.69 Å². The molecule has 0 radical (unpaired) electrons. The van der Waals surface area contributed by atoms with Crippen molar-refractivity contribution < 1.29 is 9.47 Å². The Labute approximate surface area is 117 Å². The molecule has 2 aromatic rings. The molecule has 108 valence electrons. The molecule has 2 aromatic heterocycles. The molecule has 0 amide bonds. The third-order valence-electron chi connectivity index (χ3n) is 2.82. The number of nitrogens with zero attached hydrogens (tertiary/aromatic N) is 4. The Hall–Kier alpha value is -2.15. The van der Waals surface area contributed by atoms with Gasteiger partial charge >= 0.3 is 0 Å². The zero-order valence-electron chi connectivity index (χ0n) is 12.0. The maximum Gasteiger partial charge on any atom is 0.184 e. The molecule has 0 fully saturated rings. The van der Waals surface area contributed by atoms with Gasteiger partial charge in [-0.3, -0.25) is 4.98 Å². The average molecular weight is 277 g/mol. The molecule has 0 atom stereocenters. The molecule has 0 spiro atoms. The van der Waals surface area contributed by atoms with E-state index >= 15 is 0 Å². The Morgan fingerprint density at radius 1 is 1.30 bits per heavy atom. The predicted octanol–water partition coefficient (Wildman–Crippen LogP) is 0.848. The van der Waals surface area contributed by atoms with Crippen molar-refractivity contribution in [2.45, 2.75) is 20.0 Å². The van der Waals surface area contributed by atoms with E-state index in [1.807, 2.05) is 6.20 Å². The SMILES string of the molecule is CCNCc1cn(Cc2nccc(OC)c2OC)nn1. The summed E-state index contributed by atoms with van der Waals surface area (Å²) in [6.07, 6.45) is 3.58. The molecular formula is C13H19N5O2. The third-order valence-corrected chi connectivity index (χ3v) is 2.82. The van der Waals surface area contributed by atoms with Gasteiger partial charge < -0.3 is 14.8 Å². The number of methoxy groups -OCH3 is 2. The molecule has 2 heterocycles. The molecule has 7 heteroatoms. The number of nitrogens with one attached hydrogen (secondary N) is 1. The van der Waals surface area contributed by atoms with Gasteiger partial charge in [0, 0.05) is 18.8 Å². The van der Waals surface area contributed by atoms with Gasteiger partial charge in [0.2, 0.25) is 0 Å². The first-order valence-electron chi connectivity index (χ1n) is 6.44. The fourth-order valence-electron chi connectivity index (χ4n) is 1.87. The van der Waals surface area contributed by atoms with Crippen molar-refractivity contribution >= 4 is 0 Å². The lowest BCUT2D eigenvalue weighted by Gasteiger charge is -2.11. The molecular weight excluding hydrogens is 258 g/mol. The Morgan fingerprint density at radius 3 is 2.85 bits per heavy atom. The normalized spacial score (nSPS) is 10.6. The number of rotatable bonds is 7. The number of pyridine rings is 1. The van der Waals surface area contributed by atoms with Gasteiger partial charge in [-0.2, -0.15) is 0 Å². The van der Waals surface area contributed by atoms with Crippen LogP contribution >= 0.6 is 0 Å². The molecule has 0 aliphatic heterocycles. The topological polar surface area (TPSA) is 74.1 Å². The first-order valence-corrected chi connectivity index (χ1v) is 6.44. The van der Waals surface area contributed by atoms with Crippen LogP contribution in [0.15, 0.2) is 18.5 Å².